The molecule has 1 aliphatic rings. The Kier molecular flexibility index (Phi) is 3.68. The summed E-state index contributed by atoms with van der Waals surface area (Å²) in [4.78, 5) is 23.5. The molecule has 24 heavy (non-hydrogen) atoms. The lowest BCUT2D eigenvalue weighted by Crippen LogP contribution is -2.39. The predicted molar refractivity (Wildman–Crippen MR) is 87.4 cm³/mol. The fourth-order valence-corrected chi connectivity index (χ4v) is 3.24. The van der Waals surface area contributed by atoms with Crippen LogP contribution in [0.4, 0.5) is 0 Å². The second kappa shape index (κ2) is 5.99. The number of piperidine rings is 1. The highest BCUT2D eigenvalue weighted by molar-refractivity contribution is 5.91. The van der Waals surface area contributed by atoms with Gasteiger partial charge in [0.25, 0.3) is 11.7 Å². The first-order valence-electron chi connectivity index (χ1n) is 8.13. The number of hydrogen-bond acceptors (Lipinski definition) is 5. The van der Waals surface area contributed by atoms with Crippen LogP contribution in [0.1, 0.15) is 47.2 Å². The fraction of sp³-hybridized carbons (Fsp3) is 0.353. The topological polar surface area (TPSA) is 76.3 Å². The van der Waals surface area contributed by atoms with Crippen molar-refractivity contribution in [1.29, 1.82) is 0 Å². The van der Waals surface area contributed by atoms with Crippen LogP contribution in [-0.2, 0) is 0 Å². The van der Waals surface area contributed by atoms with Crippen LogP contribution in [-0.4, -0.2) is 41.9 Å². The van der Waals surface area contributed by atoms with Crippen LogP contribution in [0, 0.1) is 6.92 Å². The van der Waals surface area contributed by atoms with Crippen molar-refractivity contribution < 1.29 is 4.79 Å². The molecule has 3 aromatic rings. The lowest BCUT2D eigenvalue weighted by molar-refractivity contribution is 0.0597. The van der Waals surface area contributed by atoms with Gasteiger partial charge in [-0.25, -0.2) is 4.98 Å². The maximum atomic E-state index is 13.1. The first kappa shape index (κ1) is 14.7. The number of aryl methyl sites for hydroxylation is 1. The second-order valence-electron chi connectivity index (χ2n) is 6.06. The van der Waals surface area contributed by atoms with Gasteiger partial charge >= 0.3 is 0 Å². The Balaban J connectivity index is 1.71. The number of hydrogen-bond donors (Lipinski definition) is 0. The number of likely N-dealkylation sites (tertiary alicyclic amines) is 1. The maximum Gasteiger partial charge on any atom is 0.292 e. The van der Waals surface area contributed by atoms with Gasteiger partial charge in [-0.2, -0.15) is 0 Å². The van der Waals surface area contributed by atoms with E-state index in [1.54, 1.807) is 16.8 Å². The molecule has 0 aromatic carbocycles. The molecule has 1 atom stereocenters. The molecule has 0 unspecified atom stereocenters. The zero-order chi connectivity index (χ0) is 16.5. The van der Waals surface area contributed by atoms with Crippen LogP contribution >= 0.6 is 0 Å². The fourth-order valence-electron chi connectivity index (χ4n) is 3.24. The number of carbonyl (C=O) groups is 1. The smallest absolute Gasteiger partial charge is 0.292 e. The number of pyridine rings is 1. The van der Waals surface area contributed by atoms with Gasteiger partial charge in [-0.1, -0.05) is 6.07 Å². The zero-order valence-corrected chi connectivity index (χ0v) is 13.5. The summed E-state index contributed by atoms with van der Waals surface area (Å²) in [6.07, 6.45) is 8.42. The highest BCUT2D eigenvalue weighted by Gasteiger charge is 2.31. The summed E-state index contributed by atoms with van der Waals surface area (Å²) in [6, 6.07) is 5.81. The molecule has 0 N–H and O–H groups in total. The molecule has 3 aromatic heterocycles. The Hall–Kier alpha value is -2.83. The monoisotopic (exact) mass is 322 g/mol. The average Bonchev–Trinajstić information content (AvgIpc) is 3.05. The molecule has 1 fully saturated rings. The molecule has 0 aliphatic carbocycles. The van der Waals surface area contributed by atoms with Gasteiger partial charge in [-0.05, 0) is 43.9 Å². The van der Waals surface area contributed by atoms with Crippen molar-refractivity contribution in [2.24, 2.45) is 0 Å². The Morgan fingerprint density at radius 3 is 3.00 bits per heavy atom. The molecular formula is C17H18N6O. The number of aromatic nitrogens is 5. The van der Waals surface area contributed by atoms with Crippen LogP contribution in [0.3, 0.4) is 0 Å². The Labute approximate surface area is 139 Å². The van der Waals surface area contributed by atoms with Crippen LogP contribution in [0.15, 0.2) is 36.8 Å². The van der Waals surface area contributed by atoms with Crippen molar-refractivity contribution in [2.45, 2.75) is 32.2 Å². The zero-order valence-electron chi connectivity index (χ0n) is 13.5. The van der Waals surface area contributed by atoms with Gasteiger partial charge in [-0.3, -0.25) is 14.2 Å². The Morgan fingerprint density at radius 1 is 1.25 bits per heavy atom. The lowest BCUT2D eigenvalue weighted by atomic mass is 9.96. The van der Waals surface area contributed by atoms with Crippen molar-refractivity contribution in [3.63, 3.8) is 0 Å². The van der Waals surface area contributed by atoms with Gasteiger partial charge in [0.15, 0.2) is 0 Å². The summed E-state index contributed by atoms with van der Waals surface area (Å²) in [7, 11) is 0. The van der Waals surface area contributed by atoms with E-state index in [1.165, 1.54) is 0 Å². The molecule has 7 nitrogen and oxygen atoms in total. The molecule has 7 heteroatoms. The van der Waals surface area contributed by atoms with Gasteiger partial charge in [0.2, 0.25) is 5.82 Å². The van der Waals surface area contributed by atoms with Gasteiger partial charge in [-0.15, -0.1) is 10.2 Å². The van der Waals surface area contributed by atoms with E-state index >= 15 is 0 Å². The number of carbonyl (C=O) groups excluding carboxylic acids is 1. The molecule has 0 spiro atoms. The first-order valence-corrected chi connectivity index (χ1v) is 8.13. The molecule has 122 valence electrons. The van der Waals surface area contributed by atoms with Crippen molar-refractivity contribution in [3.8, 4) is 0 Å². The van der Waals surface area contributed by atoms with E-state index in [2.05, 4.69) is 20.2 Å². The van der Waals surface area contributed by atoms with E-state index in [0.717, 1.165) is 30.5 Å². The van der Waals surface area contributed by atoms with Crippen molar-refractivity contribution >= 4 is 11.7 Å². The molecule has 0 saturated carbocycles. The summed E-state index contributed by atoms with van der Waals surface area (Å²) in [5, 5.41) is 8.12. The third kappa shape index (κ3) is 2.51. The second-order valence-corrected chi connectivity index (χ2v) is 6.06. The molecule has 0 bridgehead atoms. The largest absolute Gasteiger partial charge is 0.329 e. The molecule has 4 heterocycles. The van der Waals surface area contributed by atoms with Crippen molar-refractivity contribution in [2.75, 3.05) is 6.54 Å². The van der Waals surface area contributed by atoms with E-state index in [-0.39, 0.29) is 11.9 Å². The van der Waals surface area contributed by atoms with Gasteiger partial charge in [0.05, 0.1) is 6.04 Å². The minimum atomic E-state index is -0.110. The summed E-state index contributed by atoms with van der Waals surface area (Å²) < 4.78 is 1.66. The number of nitrogens with zero attached hydrogens (tertiary/aromatic N) is 6. The minimum absolute atomic E-state index is 0.0331. The standard InChI is InChI=1S/C17H18N6O/c1-12-7-10-23-15(20-21-17(23)19-12)16(24)22-9-3-2-6-14(22)13-5-4-8-18-11-13/h4-5,7-8,10-11,14H,2-3,6,9H2,1H3/t14-/m1/s1. The predicted octanol–water partition coefficient (Wildman–Crippen LogP) is 2.20. The SMILES string of the molecule is Cc1ccn2c(C(=O)N3CCCC[C@@H]3c3cccnc3)nnc2n1. The Bertz CT molecular complexity index is 875. The van der Waals surface area contributed by atoms with E-state index in [1.807, 2.05) is 36.2 Å². The van der Waals surface area contributed by atoms with Crippen LogP contribution in [0.5, 0.6) is 0 Å². The number of rotatable bonds is 2. The lowest BCUT2D eigenvalue weighted by Gasteiger charge is -2.35. The van der Waals surface area contributed by atoms with Gasteiger partial charge in [0, 0.05) is 30.8 Å². The summed E-state index contributed by atoms with van der Waals surface area (Å²) in [5.41, 5.74) is 1.91. The summed E-state index contributed by atoms with van der Waals surface area (Å²) >= 11 is 0. The normalized spacial score (nSPS) is 18.0. The van der Waals surface area contributed by atoms with Crippen molar-refractivity contribution in [1.82, 2.24) is 29.5 Å². The summed E-state index contributed by atoms with van der Waals surface area (Å²) in [6.45, 7) is 2.60. The van der Waals surface area contributed by atoms with E-state index in [4.69, 9.17) is 0 Å². The highest BCUT2D eigenvalue weighted by Crippen LogP contribution is 2.31. The minimum Gasteiger partial charge on any atom is -0.329 e. The van der Waals surface area contributed by atoms with Gasteiger partial charge < -0.3 is 4.90 Å². The first-order chi connectivity index (χ1) is 11.7. The molecule has 4 rings (SSSR count). The van der Waals surface area contributed by atoms with Gasteiger partial charge in [0.1, 0.15) is 0 Å². The third-order valence-corrected chi connectivity index (χ3v) is 4.44. The third-order valence-electron chi connectivity index (χ3n) is 4.44. The molecule has 0 radical (unpaired) electrons. The molecular weight excluding hydrogens is 304 g/mol. The van der Waals surface area contributed by atoms with E-state index in [0.29, 0.717) is 18.1 Å². The molecule has 1 aliphatic heterocycles. The van der Waals surface area contributed by atoms with E-state index < -0.39 is 0 Å². The van der Waals surface area contributed by atoms with Crippen LogP contribution in [0.2, 0.25) is 0 Å². The molecule has 1 amide bonds. The number of fused-ring (bicyclic) bond motifs is 1. The highest BCUT2D eigenvalue weighted by atomic mass is 16.2. The quantitative estimate of drug-likeness (QED) is 0.723. The van der Waals surface area contributed by atoms with Crippen LogP contribution in [0.25, 0.3) is 5.78 Å². The Morgan fingerprint density at radius 2 is 2.17 bits per heavy atom. The van der Waals surface area contributed by atoms with Crippen molar-refractivity contribution in [3.05, 3.63) is 53.9 Å². The average molecular weight is 322 g/mol. The molecule has 1 saturated heterocycles. The van der Waals surface area contributed by atoms with E-state index in [9.17, 15) is 4.79 Å². The summed E-state index contributed by atoms with van der Waals surface area (Å²) in [5.74, 6) is 0.656. The number of amides is 1. The maximum absolute atomic E-state index is 13.1. The van der Waals surface area contributed by atoms with Crippen LogP contribution < -0.4 is 0 Å².